The predicted octanol–water partition coefficient (Wildman–Crippen LogP) is 1.40. The summed E-state index contributed by atoms with van der Waals surface area (Å²) in [7, 11) is 0. The van der Waals surface area contributed by atoms with Gasteiger partial charge in [0, 0.05) is 0 Å². The molecule has 0 fully saturated rings. The summed E-state index contributed by atoms with van der Waals surface area (Å²) >= 11 is 0. The average molecular weight is 190 g/mol. The monoisotopic (exact) mass is 190 g/mol. The lowest BCUT2D eigenvalue weighted by molar-refractivity contribution is 0.199. The van der Waals surface area contributed by atoms with Gasteiger partial charge in [0.2, 0.25) is 0 Å². The molecule has 2 nitrogen and oxygen atoms in total. The molecular formula is C12H14O2. The maximum Gasteiger partial charge on any atom is 0.109 e. The summed E-state index contributed by atoms with van der Waals surface area (Å²) in [5, 5.41) is 0. The number of hydrogen-bond acceptors (Lipinski definition) is 2. The van der Waals surface area contributed by atoms with Crippen LogP contribution < -0.4 is 0 Å². The van der Waals surface area contributed by atoms with Gasteiger partial charge in [-0.25, -0.2) is 0 Å². The van der Waals surface area contributed by atoms with E-state index in [1.54, 1.807) is 12.2 Å². The molecule has 0 rings (SSSR count). The Morgan fingerprint density at radius 1 is 0.857 bits per heavy atom. The first-order valence-electron chi connectivity index (χ1n) is 4.24. The summed E-state index contributed by atoms with van der Waals surface area (Å²) in [6.45, 7) is 8.82. The first-order valence-corrected chi connectivity index (χ1v) is 4.24. The molecule has 0 saturated carbocycles. The van der Waals surface area contributed by atoms with Crippen molar-refractivity contribution in [1.29, 1.82) is 0 Å². The van der Waals surface area contributed by atoms with Crippen LogP contribution in [-0.2, 0) is 9.47 Å². The Kier molecular flexibility index (Phi) is 10.3. The molecule has 0 bridgehead atoms. The van der Waals surface area contributed by atoms with Gasteiger partial charge in [-0.15, -0.1) is 13.2 Å². The van der Waals surface area contributed by atoms with Gasteiger partial charge in [-0.05, 0) is 11.8 Å². The fourth-order valence-electron chi connectivity index (χ4n) is 0.547. The van der Waals surface area contributed by atoms with E-state index >= 15 is 0 Å². The van der Waals surface area contributed by atoms with Crippen molar-refractivity contribution in [3.05, 3.63) is 25.3 Å². The van der Waals surface area contributed by atoms with Gasteiger partial charge in [0.1, 0.15) is 13.2 Å². The molecule has 0 saturated heterocycles. The normalized spacial score (nSPS) is 7.71. The minimum atomic E-state index is 0.383. The van der Waals surface area contributed by atoms with E-state index in [4.69, 9.17) is 9.47 Å². The summed E-state index contributed by atoms with van der Waals surface area (Å²) in [5.41, 5.74) is 0. The molecule has 0 aromatic heterocycles. The van der Waals surface area contributed by atoms with Gasteiger partial charge in [0.05, 0.1) is 13.2 Å². The quantitative estimate of drug-likeness (QED) is 0.358. The summed E-state index contributed by atoms with van der Waals surface area (Å²) < 4.78 is 10.0. The maximum atomic E-state index is 5.02. The van der Waals surface area contributed by atoms with Crippen LogP contribution in [0.15, 0.2) is 25.3 Å². The van der Waals surface area contributed by atoms with Gasteiger partial charge in [0.15, 0.2) is 0 Å². The lowest BCUT2D eigenvalue weighted by atomic mass is 10.5. The minimum absolute atomic E-state index is 0.383. The zero-order valence-electron chi connectivity index (χ0n) is 8.21. The molecule has 0 aromatic rings. The van der Waals surface area contributed by atoms with Gasteiger partial charge in [-0.2, -0.15) is 0 Å². The lowest BCUT2D eigenvalue weighted by Gasteiger charge is -1.89. The molecule has 74 valence electrons. The van der Waals surface area contributed by atoms with Crippen LogP contribution in [0.25, 0.3) is 0 Å². The molecule has 0 aliphatic heterocycles. The molecule has 0 aliphatic carbocycles. The van der Waals surface area contributed by atoms with E-state index in [2.05, 4.69) is 36.8 Å². The summed E-state index contributed by atoms with van der Waals surface area (Å²) in [6, 6.07) is 0. The number of ether oxygens (including phenoxy) is 2. The Morgan fingerprint density at radius 2 is 1.29 bits per heavy atom. The molecule has 0 spiro atoms. The van der Waals surface area contributed by atoms with Crippen LogP contribution >= 0.6 is 0 Å². The Morgan fingerprint density at radius 3 is 1.64 bits per heavy atom. The summed E-state index contributed by atoms with van der Waals surface area (Å²) in [5.74, 6) is 10.8. The van der Waals surface area contributed by atoms with Crippen LogP contribution in [0, 0.1) is 23.7 Å². The van der Waals surface area contributed by atoms with Crippen LogP contribution in [0.5, 0.6) is 0 Å². The third-order valence-electron chi connectivity index (χ3n) is 1.06. The highest BCUT2D eigenvalue weighted by Crippen LogP contribution is 1.73. The first-order chi connectivity index (χ1) is 6.91. The van der Waals surface area contributed by atoms with Crippen molar-refractivity contribution >= 4 is 0 Å². The average Bonchev–Trinajstić information content (AvgIpc) is 2.21. The molecule has 0 aromatic carbocycles. The van der Waals surface area contributed by atoms with Crippen LogP contribution in [0.1, 0.15) is 0 Å². The third kappa shape index (κ3) is 10.5. The molecule has 0 unspecified atom stereocenters. The zero-order chi connectivity index (χ0) is 10.5. The largest absolute Gasteiger partial charge is 0.365 e. The Balaban J connectivity index is 3.38. The molecule has 0 radical (unpaired) electrons. The first kappa shape index (κ1) is 12.5. The summed E-state index contributed by atoms with van der Waals surface area (Å²) in [4.78, 5) is 0. The van der Waals surface area contributed by atoms with E-state index in [1.165, 1.54) is 0 Å². The molecule has 14 heavy (non-hydrogen) atoms. The maximum absolute atomic E-state index is 5.02. The Bertz CT molecular complexity index is 240. The molecule has 0 aliphatic rings. The number of hydrogen-bond donors (Lipinski definition) is 0. The highest BCUT2D eigenvalue weighted by Gasteiger charge is 1.75. The van der Waals surface area contributed by atoms with Crippen molar-refractivity contribution in [3.8, 4) is 23.7 Å². The fourth-order valence-corrected chi connectivity index (χ4v) is 0.547. The molecular weight excluding hydrogens is 176 g/mol. The van der Waals surface area contributed by atoms with Gasteiger partial charge in [-0.3, -0.25) is 0 Å². The van der Waals surface area contributed by atoms with Crippen molar-refractivity contribution in [3.63, 3.8) is 0 Å². The van der Waals surface area contributed by atoms with E-state index in [-0.39, 0.29) is 0 Å². The molecule has 0 atom stereocenters. The molecule has 0 amide bonds. The van der Waals surface area contributed by atoms with Crippen molar-refractivity contribution in [2.75, 3.05) is 26.4 Å². The van der Waals surface area contributed by atoms with Gasteiger partial charge in [-0.1, -0.05) is 24.0 Å². The van der Waals surface area contributed by atoms with Crippen molar-refractivity contribution in [1.82, 2.24) is 0 Å². The van der Waals surface area contributed by atoms with Crippen molar-refractivity contribution < 1.29 is 9.47 Å². The Labute approximate surface area is 85.6 Å². The van der Waals surface area contributed by atoms with E-state index in [9.17, 15) is 0 Å². The van der Waals surface area contributed by atoms with Crippen molar-refractivity contribution in [2.45, 2.75) is 0 Å². The minimum Gasteiger partial charge on any atom is -0.365 e. The molecule has 0 heterocycles. The zero-order valence-corrected chi connectivity index (χ0v) is 8.21. The van der Waals surface area contributed by atoms with Crippen molar-refractivity contribution in [2.24, 2.45) is 0 Å². The van der Waals surface area contributed by atoms with E-state index in [1.807, 2.05) is 0 Å². The van der Waals surface area contributed by atoms with Gasteiger partial charge >= 0.3 is 0 Å². The Hall–Kier alpha value is -1.48. The van der Waals surface area contributed by atoms with E-state index in [0.29, 0.717) is 26.4 Å². The van der Waals surface area contributed by atoms with Crippen LogP contribution in [0.3, 0.4) is 0 Å². The second kappa shape index (κ2) is 11.5. The van der Waals surface area contributed by atoms with Crippen LogP contribution in [-0.4, -0.2) is 26.4 Å². The lowest BCUT2D eigenvalue weighted by Crippen LogP contribution is -1.90. The fraction of sp³-hybridized carbons (Fsp3) is 0.333. The SMILES string of the molecule is C=CCOCC#CC#CCOCC=C. The highest BCUT2D eigenvalue weighted by atomic mass is 16.5. The van der Waals surface area contributed by atoms with Crippen LogP contribution in [0.2, 0.25) is 0 Å². The highest BCUT2D eigenvalue weighted by molar-refractivity contribution is 5.26. The van der Waals surface area contributed by atoms with Gasteiger partial charge < -0.3 is 9.47 Å². The number of rotatable bonds is 6. The summed E-state index contributed by atoms with van der Waals surface area (Å²) in [6.07, 6.45) is 3.35. The second-order valence-electron chi connectivity index (χ2n) is 2.21. The van der Waals surface area contributed by atoms with E-state index < -0.39 is 0 Å². The molecule has 0 N–H and O–H groups in total. The topological polar surface area (TPSA) is 18.5 Å². The second-order valence-corrected chi connectivity index (χ2v) is 2.21. The molecule has 2 heteroatoms. The van der Waals surface area contributed by atoms with E-state index in [0.717, 1.165) is 0 Å². The predicted molar refractivity (Wildman–Crippen MR) is 57.6 cm³/mol. The standard InChI is InChI=1S/C12H14O2/c1-3-9-13-11-7-5-6-8-12-14-10-4-2/h3-4H,1-2,9-12H2. The third-order valence-corrected chi connectivity index (χ3v) is 1.06. The van der Waals surface area contributed by atoms with Crippen LogP contribution in [0.4, 0.5) is 0 Å². The smallest absolute Gasteiger partial charge is 0.109 e. The van der Waals surface area contributed by atoms with Gasteiger partial charge in [0.25, 0.3) is 0 Å².